The van der Waals surface area contributed by atoms with Crippen molar-refractivity contribution in [2.24, 2.45) is 0 Å². The first-order chi connectivity index (χ1) is 7.16. The van der Waals surface area contributed by atoms with E-state index in [1.165, 1.54) is 6.07 Å². The maximum Gasteiger partial charge on any atom is 0.111 e. The Kier molecular flexibility index (Phi) is 2.75. The van der Waals surface area contributed by atoms with Gasteiger partial charge in [-0.25, -0.2) is 0 Å². The van der Waals surface area contributed by atoms with E-state index in [1.807, 2.05) is 0 Å². The number of benzene rings is 1. The van der Waals surface area contributed by atoms with Crippen molar-refractivity contribution in [3.05, 3.63) is 40.4 Å². The molecule has 2 aromatic rings. The molecule has 0 amide bonds. The van der Waals surface area contributed by atoms with Crippen molar-refractivity contribution in [1.82, 2.24) is 10.2 Å². The number of halogens is 2. The van der Waals surface area contributed by atoms with Gasteiger partial charge in [-0.15, -0.1) is 5.10 Å². The van der Waals surface area contributed by atoms with Gasteiger partial charge in [0.25, 0.3) is 0 Å². The Morgan fingerprint density at radius 3 is 2.27 bits per heavy atom. The lowest BCUT2D eigenvalue weighted by molar-refractivity contribution is -0.275. The summed E-state index contributed by atoms with van der Waals surface area (Å²) >= 11 is 11.6. The molecule has 0 fully saturated rings. The summed E-state index contributed by atoms with van der Waals surface area (Å²) in [5.74, 6) is -0.447. The van der Waals surface area contributed by atoms with E-state index in [0.29, 0.717) is 10.7 Å². The highest BCUT2D eigenvalue weighted by molar-refractivity contribution is 6.33. The summed E-state index contributed by atoms with van der Waals surface area (Å²) in [6, 6.07) is 8.21. The van der Waals surface area contributed by atoms with Crippen molar-refractivity contribution in [3.8, 4) is 17.1 Å². The van der Waals surface area contributed by atoms with Gasteiger partial charge in [-0.05, 0) is 18.2 Å². The number of hydrogen-bond acceptors (Lipinski definition) is 3. The highest BCUT2D eigenvalue weighted by atomic mass is 35.5. The van der Waals surface area contributed by atoms with Crippen molar-refractivity contribution in [1.29, 1.82) is 0 Å². The smallest absolute Gasteiger partial charge is 0.111 e. The van der Waals surface area contributed by atoms with E-state index >= 15 is 0 Å². The van der Waals surface area contributed by atoms with Crippen LogP contribution >= 0.6 is 23.2 Å². The van der Waals surface area contributed by atoms with Gasteiger partial charge in [-0.2, -0.15) is 5.10 Å². The number of rotatable bonds is 1. The van der Waals surface area contributed by atoms with E-state index in [0.717, 1.165) is 5.56 Å². The molecule has 76 valence electrons. The second-order valence-electron chi connectivity index (χ2n) is 2.89. The van der Waals surface area contributed by atoms with Gasteiger partial charge >= 0.3 is 0 Å². The van der Waals surface area contributed by atoms with Crippen molar-refractivity contribution in [2.75, 3.05) is 0 Å². The van der Waals surface area contributed by atoms with Crippen molar-refractivity contribution < 1.29 is 5.11 Å². The third kappa shape index (κ3) is 2.19. The summed E-state index contributed by atoms with van der Waals surface area (Å²) in [7, 11) is 0. The lowest BCUT2D eigenvalue weighted by atomic mass is 10.1. The van der Waals surface area contributed by atoms with Crippen molar-refractivity contribution in [3.63, 3.8) is 0 Å². The molecule has 1 aromatic carbocycles. The van der Waals surface area contributed by atoms with Crippen LogP contribution in [0.15, 0.2) is 30.3 Å². The first-order valence-corrected chi connectivity index (χ1v) is 4.88. The fraction of sp³-hybridized carbons (Fsp3) is 0. The Morgan fingerprint density at radius 1 is 1.00 bits per heavy atom. The second-order valence-corrected chi connectivity index (χ2v) is 3.73. The molecule has 0 atom stereocenters. The molecule has 0 radical (unpaired) electrons. The largest absolute Gasteiger partial charge is 0.857 e. The topological polar surface area (TPSA) is 48.8 Å². The van der Waals surface area contributed by atoms with Crippen LogP contribution in [0.5, 0.6) is 5.88 Å². The van der Waals surface area contributed by atoms with Gasteiger partial charge < -0.3 is 5.11 Å². The quantitative estimate of drug-likeness (QED) is 0.769. The number of hydrogen-bond donors (Lipinski definition) is 0. The molecular formula is C10H5Cl2N2O-. The molecule has 0 aliphatic heterocycles. The van der Waals surface area contributed by atoms with Crippen LogP contribution in [0.25, 0.3) is 11.3 Å². The van der Waals surface area contributed by atoms with E-state index in [2.05, 4.69) is 10.2 Å². The number of nitrogens with zero attached hydrogens (tertiary/aromatic N) is 2. The SMILES string of the molecule is [O-]c1cc(Cl)c(-c2ccc(Cl)cc2)nn1. The molecule has 0 bridgehead atoms. The maximum absolute atomic E-state index is 10.8. The van der Waals surface area contributed by atoms with E-state index in [4.69, 9.17) is 23.2 Å². The van der Waals surface area contributed by atoms with Gasteiger partial charge in [-0.3, -0.25) is 0 Å². The Labute approximate surface area is 96.3 Å². The molecule has 0 aliphatic rings. The van der Waals surface area contributed by atoms with Gasteiger partial charge in [-0.1, -0.05) is 35.3 Å². The zero-order valence-corrected chi connectivity index (χ0v) is 8.96. The first kappa shape index (κ1) is 10.2. The number of aromatic nitrogens is 2. The van der Waals surface area contributed by atoms with Crippen LogP contribution in [0, 0.1) is 0 Å². The molecule has 0 N–H and O–H groups in total. The molecule has 0 saturated carbocycles. The Bertz CT molecular complexity index is 485. The predicted octanol–water partition coefficient (Wildman–Crippen LogP) is 2.52. The van der Waals surface area contributed by atoms with Crippen LogP contribution in [0.4, 0.5) is 0 Å². The summed E-state index contributed by atoms with van der Waals surface area (Å²) in [4.78, 5) is 0. The Balaban J connectivity index is 2.49. The first-order valence-electron chi connectivity index (χ1n) is 4.13. The molecule has 3 nitrogen and oxygen atoms in total. The second kappa shape index (κ2) is 4.04. The van der Waals surface area contributed by atoms with Crippen LogP contribution < -0.4 is 5.11 Å². The lowest BCUT2D eigenvalue weighted by Crippen LogP contribution is -1.97. The van der Waals surface area contributed by atoms with E-state index in [1.54, 1.807) is 24.3 Å². The standard InChI is InChI=1S/C10H6Cl2N2O/c11-7-3-1-6(2-4-7)10-8(12)5-9(15)13-14-10/h1-5H,(H,13,15)/p-1. The van der Waals surface area contributed by atoms with Crippen LogP contribution in [-0.4, -0.2) is 10.2 Å². The minimum absolute atomic E-state index is 0.289. The van der Waals surface area contributed by atoms with Crippen LogP contribution in [0.2, 0.25) is 10.0 Å². The van der Waals surface area contributed by atoms with Crippen LogP contribution in [0.1, 0.15) is 0 Å². The molecule has 0 spiro atoms. The normalized spacial score (nSPS) is 10.3. The zero-order chi connectivity index (χ0) is 10.8. The minimum atomic E-state index is -0.447. The summed E-state index contributed by atoms with van der Waals surface area (Å²) in [6.07, 6.45) is 0. The molecule has 0 unspecified atom stereocenters. The molecule has 0 saturated heterocycles. The molecule has 5 heteroatoms. The minimum Gasteiger partial charge on any atom is -0.857 e. The molecular weight excluding hydrogens is 235 g/mol. The van der Waals surface area contributed by atoms with Crippen molar-refractivity contribution in [2.45, 2.75) is 0 Å². The van der Waals surface area contributed by atoms with Gasteiger partial charge in [0.05, 0.1) is 5.02 Å². The fourth-order valence-corrected chi connectivity index (χ4v) is 1.52. The van der Waals surface area contributed by atoms with E-state index in [-0.39, 0.29) is 5.02 Å². The maximum atomic E-state index is 10.8. The van der Waals surface area contributed by atoms with E-state index < -0.39 is 5.88 Å². The molecule has 2 rings (SSSR count). The van der Waals surface area contributed by atoms with Gasteiger partial charge in [0.1, 0.15) is 5.69 Å². The molecule has 15 heavy (non-hydrogen) atoms. The van der Waals surface area contributed by atoms with Crippen LogP contribution in [-0.2, 0) is 0 Å². The summed E-state index contributed by atoms with van der Waals surface area (Å²) < 4.78 is 0. The van der Waals surface area contributed by atoms with Gasteiger partial charge in [0, 0.05) is 16.5 Å². The molecule has 1 heterocycles. The monoisotopic (exact) mass is 239 g/mol. The Morgan fingerprint density at radius 2 is 1.67 bits per heavy atom. The highest BCUT2D eigenvalue weighted by Gasteiger charge is 2.04. The van der Waals surface area contributed by atoms with Crippen molar-refractivity contribution >= 4 is 23.2 Å². The third-order valence-corrected chi connectivity index (χ3v) is 2.38. The summed E-state index contributed by atoms with van der Waals surface area (Å²) in [6.45, 7) is 0. The van der Waals surface area contributed by atoms with Gasteiger partial charge in [0.15, 0.2) is 0 Å². The predicted molar refractivity (Wildman–Crippen MR) is 56.9 cm³/mol. The average Bonchev–Trinajstić information content (AvgIpc) is 2.20. The summed E-state index contributed by atoms with van der Waals surface area (Å²) in [5.41, 5.74) is 1.25. The average molecular weight is 240 g/mol. The van der Waals surface area contributed by atoms with E-state index in [9.17, 15) is 5.11 Å². The molecule has 1 aromatic heterocycles. The Hall–Kier alpha value is -1.32. The lowest BCUT2D eigenvalue weighted by Gasteiger charge is -2.06. The zero-order valence-electron chi connectivity index (χ0n) is 7.45. The van der Waals surface area contributed by atoms with Gasteiger partial charge in [0.2, 0.25) is 0 Å². The third-order valence-electron chi connectivity index (χ3n) is 1.84. The summed E-state index contributed by atoms with van der Waals surface area (Å²) in [5, 5.41) is 18.9. The highest BCUT2D eigenvalue weighted by Crippen LogP contribution is 2.27. The molecule has 0 aliphatic carbocycles. The van der Waals surface area contributed by atoms with Crippen LogP contribution in [0.3, 0.4) is 0 Å². The fourth-order valence-electron chi connectivity index (χ4n) is 1.16.